The Kier molecular flexibility index (Phi) is 3.75. The zero-order valence-electron chi connectivity index (χ0n) is 11.8. The van der Waals surface area contributed by atoms with E-state index in [1.807, 2.05) is 18.2 Å². The Balaban J connectivity index is 1.79. The number of phenolic OH excluding ortho intramolecular Hbond substituents is 1. The predicted molar refractivity (Wildman–Crippen MR) is 81.6 cm³/mol. The molecule has 1 aliphatic rings. The Morgan fingerprint density at radius 2 is 1.65 bits per heavy atom. The lowest BCUT2D eigenvalue weighted by molar-refractivity contribution is 0.407. The minimum atomic E-state index is 0.141. The fourth-order valence-electron chi connectivity index (χ4n) is 2.81. The molecule has 0 aromatic heterocycles. The highest BCUT2D eigenvalue weighted by molar-refractivity contribution is 5.34. The molecule has 2 atom stereocenters. The van der Waals surface area contributed by atoms with Crippen LogP contribution in [-0.2, 0) is 0 Å². The van der Waals surface area contributed by atoms with E-state index in [9.17, 15) is 5.11 Å². The highest BCUT2D eigenvalue weighted by Crippen LogP contribution is 2.42. The average molecular weight is 267 g/mol. The second kappa shape index (κ2) is 5.68. The van der Waals surface area contributed by atoms with Crippen LogP contribution < -0.4 is 5.32 Å². The van der Waals surface area contributed by atoms with Crippen LogP contribution in [0.1, 0.15) is 43.0 Å². The lowest BCUT2D eigenvalue weighted by Crippen LogP contribution is -2.26. The van der Waals surface area contributed by atoms with Crippen LogP contribution in [0, 0.1) is 5.92 Å². The lowest BCUT2D eigenvalue weighted by atomic mass is 9.99. The monoisotopic (exact) mass is 267 g/mol. The Hall–Kier alpha value is -1.80. The van der Waals surface area contributed by atoms with Gasteiger partial charge in [0, 0.05) is 17.6 Å². The summed E-state index contributed by atoms with van der Waals surface area (Å²) in [5.41, 5.74) is 2.31. The molecule has 0 amide bonds. The number of phenols is 1. The van der Waals surface area contributed by atoms with Crippen LogP contribution >= 0.6 is 0 Å². The summed E-state index contributed by atoms with van der Waals surface area (Å²) in [5, 5.41) is 13.7. The normalized spacial score (nSPS) is 17.6. The zero-order valence-corrected chi connectivity index (χ0v) is 11.8. The Morgan fingerprint density at radius 3 is 2.30 bits per heavy atom. The molecule has 2 heteroatoms. The molecule has 2 aromatic carbocycles. The third-order valence-electron chi connectivity index (χ3n) is 4.08. The van der Waals surface area contributed by atoms with Crippen LogP contribution in [-0.4, -0.2) is 5.11 Å². The smallest absolute Gasteiger partial charge is 0.120 e. The van der Waals surface area contributed by atoms with E-state index < -0.39 is 0 Å². The van der Waals surface area contributed by atoms with E-state index in [0.29, 0.717) is 11.8 Å². The molecule has 1 fully saturated rings. The van der Waals surface area contributed by atoms with Crippen molar-refractivity contribution < 1.29 is 5.11 Å². The number of rotatable bonds is 5. The molecule has 104 valence electrons. The molecule has 0 bridgehead atoms. The van der Waals surface area contributed by atoms with Gasteiger partial charge >= 0.3 is 0 Å². The molecule has 0 spiro atoms. The van der Waals surface area contributed by atoms with Crippen molar-refractivity contribution in [1.29, 1.82) is 0 Å². The van der Waals surface area contributed by atoms with Crippen LogP contribution in [0.2, 0.25) is 0 Å². The second-order valence-electron chi connectivity index (χ2n) is 5.67. The summed E-state index contributed by atoms with van der Waals surface area (Å²) in [4.78, 5) is 0. The van der Waals surface area contributed by atoms with Crippen LogP contribution in [0.3, 0.4) is 0 Å². The van der Waals surface area contributed by atoms with Crippen molar-refractivity contribution in [2.45, 2.75) is 31.8 Å². The van der Waals surface area contributed by atoms with Crippen molar-refractivity contribution in [3.63, 3.8) is 0 Å². The Morgan fingerprint density at radius 1 is 1.00 bits per heavy atom. The van der Waals surface area contributed by atoms with Gasteiger partial charge < -0.3 is 10.4 Å². The average Bonchev–Trinajstić information content (AvgIpc) is 3.30. The largest absolute Gasteiger partial charge is 0.508 e. The summed E-state index contributed by atoms with van der Waals surface area (Å²) in [5.74, 6) is 1.10. The topological polar surface area (TPSA) is 32.3 Å². The maximum atomic E-state index is 9.98. The minimum absolute atomic E-state index is 0.141. The molecule has 0 radical (unpaired) electrons. The van der Waals surface area contributed by atoms with E-state index in [1.54, 1.807) is 6.07 Å². The standard InChI is InChI=1S/C18H21NO/c1-13(16-9-5-6-10-17(16)20)19-18(15-11-12-15)14-7-3-2-4-8-14/h2-10,13,15,18-20H,11-12H2,1H3. The first-order valence-electron chi connectivity index (χ1n) is 7.34. The molecule has 20 heavy (non-hydrogen) atoms. The second-order valence-corrected chi connectivity index (χ2v) is 5.67. The van der Waals surface area contributed by atoms with Crippen molar-refractivity contribution in [2.24, 2.45) is 5.92 Å². The van der Waals surface area contributed by atoms with E-state index in [1.165, 1.54) is 18.4 Å². The summed E-state index contributed by atoms with van der Waals surface area (Å²) < 4.78 is 0. The van der Waals surface area contributed by atoms with Gasteiger partial charge in [0.25, 0.3) is 0 Å². The molecular formula is C18H21NO. The quantitative estimate of drug-likeness (QED) is 0.851. The van der Waals surface area contributed by atoms with E-state index in [0.717, 1.165) is 11.5 Å². The van der Waals surface area contributed by atoms with Gasteiger partial charge in [-0.25, -0.2) is 0 Å². The summed E-state index contributed by atoms with van der Waals surface area (Å²) in [6.45, 7) is 2.12. The first-order chi connectivity index (χ1) is 9.75. The van der Waals surface area contributed by atoms with E-state index in [2.05, 4.69) is 42.6 Å². The molecule has 0 heterocycles. The molecule has 2 unspecified atom stereocenters. The van der Waals surface area contributed by atoms with Crippen LogP contribution in [0.4, 0.5) is 0 Å². The highest BCUT2D eigenvalue weighted by atomic mass is 16.3. The lowest BCUT2D eigenvalue weighted by Gasteiger charge is -2.24. The molecule has 2 aromatic rings. The third kappa shape index (κ3) is 2.86. The summed E-state index contributed by atoms with van der Waals surface area (Å²) in [6, 6.07) is 18.7. The van der Waals surface area contributed by atoms with Gasteiger partial charge in [-0.15, -0.1) is 0 Å². The van der Waals surface area contributed by atoms with E-state index >= 15 is 0 Å². The van der Waals surface area contributed by atoms with E-state index in [4.69, 9.17) is 0 Å². The van der Waals surface area contributed by atoms with Gasteiger partial charge in [-0.05, 0) is 37.3 Å². The van der Waals surface area contributed by atoms with Crippen LogP contribution in [0.15, 0.2) is 54.6 Å². The molecule has 0 saturated heterocycles. The molecule has 1 aliphatic carbocycles. The zero-order chi connectivity index (χ0) is 13.9. The molecular weight excluding hydrogens is 246 g/mol. The number of benzene rings is 2. The third-order valence-corrected chi connectivity index (χ3v) is 4.08. The van der Waals surface area contributed by atoms with Crippen molar-refractivity contribution in [2.75, 3.05) is 0 Å². The number of nitrogens with one attached hydrogen (secondary N) is 1. The molecule has 2 nitrogen and oxygen atoms in total. The predicted octanol–water partition coefficient (Wildman–Crippen LogP) is 4.19. The maximum Gasteiger partial charge on any atom is 0.120 e. The van der Waals surface area contributed by atoms with E-state index in [-0.39, 0.29) is 6.04 Å². The van der Waals surface area contributed by atoms with Gasteiger partial charge in [0.1, 0.15) is 5.75 Å². The summed E-state index contributed by atoms with van der Waals surface area (Å²) in [6.07, 6.45) is 2.58. The maximum absolute atomic E-state index is 9.98. The minimum Gasteiger partial charge on any atom is -0.508 e. The SMILES string of the molecule is CC(NC(c1ccccc1)C1CC1)c1ccccc1O. The fourth-order valence-corrected chi connectivity index (χ4v) is 2.81. The number of hydrogen-bond donors (Lipinski definition) is 2. The number of aromatic hydroxyl groups is 1. The van der Waals surface area contributed by atoms with Crippen LogP contribution in [0.25, 0.3) is 0 Å². The van der Waals surface area contributed by atoms with Crippen molar-refractivity contribution in [3.05, 3.63) is 65.7 Å². The van der Waals surface area contributed by atoms with Crippen molar-refractivity contribution in [1.82, 2.24) is 5.32 Å². The molecule has 3 rings (SSSR count). The van der Waals surface area contributed by atoms with Crippen LogP contribution in [0.5, 0.6) is 5.75 Å². The number of hydrogen-bond acceptors (Lipinski definition) is 2. The Bertz CT molecular complexity index is 563. The van der Waals surface area contributed by atoms with Gasteiger partial charge in [0.2, 0.25) is 0 Å². The first-order valence-corrected chi connectivity index (χ1v) is 7.34. The van der Waals surface area contributed by atoms with Crippen molar-refractivity contribution >= 4 is 0 Å². The first kappa shape index (κ1) is 13.2. The van der Waals surface area contributed by atoms with Gasteiger partial charge in [0.15, 0.2) is 0 Å². The molecule has 1 saturated carbocycles. The van der Waals surface area contributed by atoms with Gasteiger partial charge in [-0.1, -0.05) is 48.5 Å². The van der Waals surface area contributed by atoms with Gasteiger partial charge in [-0.2, -0.15) is 0 Å². The van der Waals surface area contributed by atoms with Gasteiger partial charge in [-0.3, -0.25) is 0 Å². The highest BCUT2D eigenvalue weighted by Gasteiger charge is 2.33. The molecule has 0 aliphatic heterocycles. The van der Waals surface area contributed by atoms with Crippen molar-refractivity contribution in [3.8, 4) is 5.75 Å². The molecule has 2 N–H and O–H groups in total. The summed E-state index contributed by atoms with van der Waals surface area (Å²) >= 11 is 0. The fraction of sp³-hybridized carbons (Fsp3) is 0.333. The number of para-hydroxylation sites is 1. The van der Waals surface area contributed by atoms with Gasteiger partial charge in [0.05, 0.1) is 0 Å². The Labute approximate surface area is 120 Å². The summed E-state index contributed by atoms with van der Waals surface area (Å²) in [7, 11) is 0.